The number of fused-ring (bicyclic) bond motifs is 3. The molecule has 0 bridgehead atoms. The summed E-state index contributed by atoms with van der Waals surface area (Å²) < 4.78 is 24.9. The first-order valence-electron chi connectivity index (χ1n) is 16.7. The van der Waals surface area contributed by atoms with Crippen molar-refractivity contribution in [2.45, 2.75) is 44.4 Å². The molecule has 0 unspecified atom stereocenters. The number of aromatic nitrogens is 2. The van der Waals surface area contributed by atoms with Crippen LogP contribution in [-0.4, -0.2) is 23.2 Å². The molecule has 0 amide bonds. The number of pyridine rings is 2. The van der Waals surface area contributed by atoms with E-state index in [0.717, 1.165) is 49.9 Å². The Bertz CT molecular complexity index is 2170. The van der Waals surface area contributed by atoms with Gasteiger partial charge in [-0.1, -0.05) is 86.3 Å². The average Bonchev–Trinajstić information content (AvgIpc) is 3.47. The second kappa shape index (κ2) is 14.5. The molecule has 3 nitrogen and oxygen atoms in total. The molecule has 0 spiro atoms. The van der Waals surface area contributed by atoms with Gasteiger partial charge in [0.25, 0.3) is 0 Å². The molecule has 5 heteroatoms. The summed E-state index contributed by atoms with van der Waals surface area (Å²) in [4.78, 5) is 9.04. The Kier molecular flexibility index (Phi) is 9.81. The van der Waals surface area contributed by atoms with Gasteiger partial charge < -0.3 is 9.40 Å². The molecular weight excluding hydrogens is 813 g/mol. The van der Waals surface area contributed by atoms with E-state index < -0.39 is 25.1 Å². The van der Waals surface area contributed by atoms with Gasteiger partial charge in [-0.15, -0.1) is 23.8 Å². The van der Waals surface area contributed by atoms with Crippen LogP contribution in [0, 0.1) is 17.5 Å². The standard InChI is InChI=1S/C28H24NO.C14H16GeN.Ir/c1-28(2,3)18-19-14-15-29-25(16-19)21-12-13-26-24(17-21)23-11-7-10-22(27(23)30-26)20-8-5-4-6-9-20;1-15(2,3)13-9-10-14(16-11-13)12-7-5-4-6-8-12;/h4-11,13-17H,18H2,1-3H3;4-7,9-11H,1-3H3;/q2*-1;/i18D2;;. The number of para-hydroxylation sites is 1. The Morgan fingerprint density at radius 2 is 1.55 bits per heavy atom. The third-order valence-electron chi connectivity index (χ3n) is 7.68. The van der Waals surface area contributed by atoms with E-state index in [9.17, 15) is 0 Å². The molecule has 0 saturated carbocycles. The molecular formula is C42H40GeIrN2O-2. The zero-order valence-corrected chi connectivity index (χ0v) is 32.2. The van der Waals surface area contributed by atoms with Crippen molar-refractivity contribution in [2.75, 3.05) is 0 Å². The Morgan fingerprint density at radius 3 is 2.23 bits per heavy atom. The Morgan fingerprint density at radius 1 is 0.766 bits per heavy atom. The van der Waals surface area contributed by atoms with Crippen molar-refractivity contribution in [3.63, 3.8) is 0 Å². The van der Waals surface area contributed by atoms with Crippen LogP contribution in [0.3, 0.4) is 0 Å². The van der Waals surface area contributed by atoms with Gasteiger partial charge in [0, 0.05) is 40.0 Å². The first kappa shape index (κ1) is 31.8. The Labute approximate surface area is 298 Å². The van der Waals surface area contributed by atoms with E-state index in [0.29, 0.717) is 11.3 Å². The molecule has 1 radical (unpaired) electrons. The topological polar surface area (TPSA) is 38.9 Å². The summed E-state index contributed by atoms with van der Waals surface area (Å²) in [6, 6.07) is 42.7. The van der Waals surface area contributed by atoms with E-state index >= 15 is 0 Å². The van der Waals surface area contributed by atoms with Gasteiger partial charge in [0.2, 0.25) is 0 Å². The van der Waals surface area contributed by atoms with Crippen molar-refractivity contribution >= 4 is 39.6 Å². The van der Waals surface area contributed by atoms with E-state index in [1.165, 1.54) is 4.40 Å². The zero-order chi connectivity index (χ0) is 34.1. The van der Waals surface area contributed by atoms with Crippen LogP contribution < -0.4 is 4.40 Å². The number of furan rings is 1. The van der Waals surface area contributed by atoms with Crippen LogP contribution >= 0.6 is 0 Å². The second-order valence-electron chi connectivity index (χ2n) is 13.5. The van der Waals surface area contributed by atoms with E-state index in [1.54, 1.807) is 12.3 Å². The zero-order valence-electron chi connectivity index (χ0n) is 29.7. The first-order valence-corrected chi connectivity index (χ1v) is 23.0. The third kappa shape index (κ3) is 8.37. The van der Waals surface area contributed by atoms with Crippen molar-refractivity contribution in [2.24, 2.45) is 5.41 Å². The third-order valence-corrected chi connectivity index (χ3v) is 11.9. The molecule has 7 aromatic rings. The number of rotatable bonds is 5. The summed E-state index contributed by atoms with van der Waals surface area (Å²) in [5, 5.41) is 2.04. The average molecular weight is 856 g/mol. The summed E-state index contributed by atoms with van der Waals surface area (Å²) in [6.07, 6.45) is 2.23. The van der Waals surface area contributed by atoms with Crippen LogP contribution in [0.5, 0.6) is 0 Å². The minimum atomic E-state index is -1.72. The molecule has 3 heterocycles. The number of hydrogen-bond acceptors (Lipinski definition) is 3. The van der Waals surface area contributed by atoms with Gasteiger partial charge in [0.1, 0.15) is 5.58 Å². The molecule has 0 aliphatic rings. The molecule has 0 aliphatic carbocycles. The fourth-order valence-electron chi connectivity index (χ4n) is 5.37. The monoisotopic (exact) mass is 857 g/mol. The van der Waals surface area contributed by atoms with Crippen LogP contribution in [0.2, 0.25) is 17.3 Å². The minimum absolute atomic E-state index is 0. The van der Waals surface area contributed by atoms with Crippen LogP contribution in [0.1, 0.15) is 29.1 Å². The van der Waals surface area contributed by atoms with E-state index in [1.807, 2.05) is 93.7 Å². The van der Waals surface area contributed by atoms with Gasteiger partial charge >= 0.3 is 99.8 Å². The van der Waals surface area contributed by atoms with Crippen molar-refractivity contribution < 1.29 is 27.3 Å². The normalized spacial score (nSPS) is 12.5. The van der Waals surface area contributed by atoms with Gasteiger partial charge in [0.15, 0.2) is 0 Å². The Balaban J connectivity index is 0.000000233. The van der Waals surface area contributed by atoms with Gasteiger partial charge in [-0.25, -0.2) is 0 Å². The van der Waals surface area contributed by atoms with Crippen molar-refractivity contribution in [3.8, 4) is 33.6 Å². The molecule has 4 aromatic carbocycles. The summed E-state index contributed by atoms with van der Waals surface area (Å²) in [5.41, 5.74) is 7.47. The largest absolute Gasteiger partial charge is 0 e. The summed E-state index contributed by atoms with van der Waals surface area (Å²) >= 11 is -1.72. The molecule has 47 heavy (non-hydrogen) atoms. The smallest absolute Gasteiger partial charge is 0 e. The van der Waals surface area contributed by atoms with E-state index in [2.05, 4.69) is 75.8 Å². The van der Waals surface area contributed by atoms with Gasteiger partial charge in [-0.2, -0.15) is 0 Å². The fraction of sp³-hybridized carbons (Fsp3) is 0.190. The second-order valence-corrected chi connectivity index (χ2v) is 24.2. The molecule has 0 N–H and O–H groups in total. The maximum Gasteiger partial charge on any atom is 0 e. The number of hydrogen-bond donors (Lipinski definition) is 0. The SMILES string of the molecule is [2H]C([2H])(c1ccnc(-c2[c-]cc3oc4c(-c5ccccc5)cccc4c3c2)c1)C(C)(C)C.[CH3][Ge]([CH3])([CH3])[c]1ccc(-c2[c-]cccc2)nc1.[Ir]. The molecule has 0 aliphatic heterocycles. The fourth-order valence-corrected chi connectivity index (χ4v) is 7.55. The van der Waals surface area contributed by atoms with Crippen molar-refractivity contribution in [1.82, 2.24) is 9.97 Å². The predicted octanol–water partition coefficient (Wildman–Crippen LogP) is 10.8. The first-order chi connectivity index (χ1) is 22.8. The van der Waals surface area contributed by atoms with Crippen molar-refractivity contribution in [1.29, 1.82) is 0 Å². The quantitative estimate of drug-likeness (QED) is 0.128. The van der Waals surface area contributed by atoms with E-state index in [-0.39, 0.29) is 20.1 Å². The molecule has 0 saturated heterocycles. The molecule has 3 aromatic heterocycles. The molecule has 239 valence electrons. The number of nitrogens with zero attached hydrogens (tertiary/aromatic N) is 2. The maximum atomic E-state index is 8.61. The molecule has 0 fully saturated rings. The van der Waals surface area contributed by atoms with Crippen LogP contribution in [0.25, 0.3) is 55.6 Å². The molecule has 0 atom stereocenters. The van der Waals surface area contributed by atoms with Gasteiger partial charge in [0.05, 0.1) is 5.58 Å². The number of benzene rings is 4. The van der Waals surface area contributed by atoms with Crippen LogP contribution in [0.15, 0.2) is 126 Å². The van der Waals surface area contributed by atoms with E-state index in [4.69, 9.17) is 7.16 Å². The van der Waals surface area contributed by atoms with Crippen LogP contribution in [-0.2, 0) is 26.5 Å². The van der Waals surface area contributed by atoms with Crippen molar-refractivity contribution in [3.05, 3.63) is 139 Å². The minimum Gasteiger partial charge on any atom is 0 e. The summed E-state index contributed by atoms with van der Waals surface area (Å²) in [7, 11) is 0. The van der Waals surface area contributed by atoms with Gasteiger partial charge in [-0.05, 0) is 29.1 Å². The maximum absolute atomic E-state index is 8.61. The predicted molar refractivity (Wildman–Crippen MR) is 196 cm³/mol. The summed E-state index contributed by atoms with van der Waals surface area (Å²) in [6.45, 7) is 5.73. The van der Waals surface area contributed by atoms with Gasteiger partial charge in [-0.3, -0.25) is 0 Å². The summed E-state index contributed by atoms with van der Waals surface area (Å²) in [5.74, 6) is 7.14. The molecule has 7 rings (SSSR count). The Hall–Kier alpha value is -3.83. The van der Waals surface area contributed by atoms with Crippen LogP contribution in [0.4, 0.5) is 0 Å².